The van der Waals surface area contributed by atoms with E-state index in [2.05, 4.69) is 0 Å². The fourth-order valence-electron chi connectivity index (χ4n) is 2.68. The molecule has 96 valence electrons. The number of hydrogen-bond donors (Lipinski definition) is 1. The van der Waals surface area contributed by atoms with Gasteiger partial charge in [-0.2, -0.15) is 13.2 Å². The Bertz CT molecular complexity index is 260. The molecule has 0 aromatic carbocycles. The molecule has 5 heteroatoms. The van der Waals surface area contributed by atoms with Crippen molar-refractivity contribution in [3.05, 3.63) is 0 Å². The van der Waals surface area contributed by atoms with Crippen LogP contribution in [0.15, 0.2) is 0 Å². The van der Waals surface area contributed by atoms with Gasteiger partial charge in [-0.1, -0.05) is 0 Å². The van der Waals surface area contributed by atoms with Gasteiger partial charge in [-0.05, 0) is 34.1 Å². The molecular formula is C11H20F3NO. The predicted molar refractivity (Wildman–Crippen MR) is 56.0 cm³/mol. The van der Waals surface area contributed by atoms with Crippen molar-refractivity contribution in [1.82, 2.24) is 0 Å². The largest absolute Gasteiger partial charge is 0.390 e. The molecule has 1 aliphatic heterocycles. The molecule has 2 N–H and O–H groups in total. The van der Waals surface area contributed by atoms with E-state index < -0.39 is 29.8 Å². The highest BCUT2D eigenvalue weighted by molar-refractivity contribution is 4.99. The minimum atomic E-state index is -4.21. The number of ether oxygens (including phenoxy) is 1. The van der Waals surface area contributed by atoms with Crippen molar-refractivity contribution in [3.63, 3.8) is 0 Å². The van der Waals surface area contributed by atoms with E-state index in [1.54, 1.807) is 0 Å². The van der Waals surface area contributed by atoms with Crippen LogP contribution in [0.5, 0.6) is 0 Å². The highest BCUT2D eigenvalue weighted by Crippen LogP contribution is 2.44. The van der Waals surface area contributed by atoms with E-state index in [0.29, 0.717) is 6.42 Å². The summed E-state index contributed by atoms with van der Waals surface area (Å²) >= 11 is 0. The second-order valence-electron chi connectivity index (χ2n) is 5.76. The zero-order valence-electron chi connectivity index (χ0n) is 10.2. The van der Waals surface area contributed by atoms with Crippen LogP contribution in [0.4, 0.5) is 13.2 Å². The van der Waals surface area contributed by atoms with Crippen LogP contribution in [-0.4, -0.2) is 23.4 Å². The van der Waals surface area contributed by atoms with Crippen molar-refractivity contribution in [2.24, 2.45) is 11.7 Å². The van der Waals surface area contributed by atoms with E-state index in [9.17, 15) is 13.2 Å². The van der Waals surface area contributed by atoms with E-state index in [4.69, 9.17) is 10.5 Å². The van der Waals surface area contributed by atoms with Gasteiger partial charge in [-0.25, -0.2) is 0 Å². The summed E-state index contributed by atoms with van der Waals surface area (Å²) in [4.78, 5) is 0. The first-order valence-corrected chi connectivity index (χ1v) is 5.45. The average Bonchev–Trinajstić information content (AvgIpc) is 2.14. The van der Waals surface area contributed by atoms with Crippen LogP contribution in [0.3, 0.4) is 0 Å². The Kier molecular flexibility index (Phi) is 3.34. The molecule has 0 saturated carbocycles. The van der Waals surface area contributed by atoms with E-state index in [1.807, 2.05) is 27.7 Å². The molecule has 2 unspecified atom stereocenters. The van der Waals surface area contributed by atoms with Gasteiger partial charge < -0.3 is 10.5 Å². The Labute approximate surface area is 94.3 Å². The maximum atomic E-state index is 12.3. The molecule has 0 radical (unpaired) electrons. The van der Waals surface area contributed by atoms with Crippen LogP contribution in [0.2, 0.25) is 0 Å². The van der Waals surface area contributed by atoms with E-state index in [-0.39, 0.29) is 5.92 Å². The fourth-order valence-corrected chi connectivity index (χ4v) is 2.68. The standard InChI is InChI=1S/C11H20F3NO/c1-9(2)5-7(10(3,4)16-9)8(15)6-11(12,13)14/h7-8H,5-6,15H2,1-4H3. The van der Waals surface area contributed by atoms with Crippen molar-refractivity contribution in [1.29, 1.82) is 0 Å². The van der Waals surface area contributed by atoms with Gasteiger partial charge in [0.05, 0.1) is 17.6 Å². The second-order valence-corrected chi connectivity index (χ2v) is 5.76. The minimum absolute atomic E-state index is 0.260. The molecule has 1 saturated heterocycles. The Morgan fingerprint density at radius 2 is 1.81 bits per heavy atom. The number of halogens is 3. The molecule has 0 aromatic heterocycles. The Hall–Kier alpha value is -0.290. The third-order valence-corrected chi connectivity index (χ3v) is 3.13. The Morgan fingerprint density at radius 3 is 2.12 bits per heavy atom. The highest BCUT2D eigenvalue weighted by atomic mass is 19.4. The maximum Gasteiger partial charge on any atom is 0.390 e. The van der Waals surface area contributed by atoms with E-state index >= 15 is 0 Å². The minimum Gasteiger partial charge on any atom is -0.369 e. The molecule has 0 spiro atoms. The van der Waals surface area contributed by atoms with Gasteiger partial charge in [0.25, 0.3) is 0 Å². The Morgan fingerprint density at radius 1 is 1.31 bits per heavy atom. The summed E-state index contributed by atoms with van der Waals surface area (Å²) in [7, 11) is 0. The van der Waals surface area contributed by atoms with Crippen molar-refractivity contribution < 1.29 is 17.9 Å². The summed E-state index contributed by atoms with van der Waals surface area (Å²) in [6, 6.07) is -0.892. The molecule has 1 fully saturated rings. The molecule has 16 heavy (non-hydrogen) atoms. The lowest BCUT2D eigenvalue weighted by Crippen LogP contribution is -2.43. The lowest BCUT2D eigenvalue weighted by molar-refractivity contribution is -0.144. The third-order valence-electron chi connectivity index (χ3n) is 3.13. The van der Waals surface area contributed by atoms with Crippen molar-refractivity contribution in [2.75, 3.05) is 0 Å². The molecule has 1 rings (SSSR count). The summed E-state index contributed by atoms with van der Waals surface area (Å²) in [5.41, 5.74) is 4.68. The predicted octanol–water partition coefficient (Wildman–Crippen LogP) is 2.86. The quantitative estimate of drug-likeness (QED) is 0.804. The van der Waals surface area contributed by atoms with Crippen LogP contribution in [0.25, 0.3) is 0 Å². The molecule has 2 atom stereocenters. The van der Waals surface area contributed by atoms with Gasteiger partial charge in [-0.3, -0.25) is 0 Å². The maximum absolute atomic E-state index is 12.3. The van der Waals surface area contributed by atoms with Gasteiger partial charge in [0, 0.05) is 12.0 Å². The average molecular weight is 239 g/mol. The summed E-state index contributed by atoms with van der Waals surface area (Å²) < 4.78 is 42.6. The molecule has 2 nitrogen and oxygen atoms in total. The van der Waals surface area contributed by atoms with E-state index in [0.717, 1.165) is 0 Å². The molecule has 1 heterocycles. The molecule has 0 aliphatic carbocycles. The smallest absolute Gasteiger partial charge is 0.369 e. The highest BCUT2D eigenvalue weighted by Gasteiger charge is 2.50. The molecular weight excluding hydrogens is 219 g/mol. The van der Waals surface area contributed by atoms with Gasteiger partial charge >= 0.3 is 6.18 Å². The first-order chi connectivity index (χ1) is 6.93. The molecule has 1 aliphatic rings. The molecule has 0 bridgehead atoms. The number of hydrogen-bond acceptors (Lipinski definition) is 2. The van der Waals surface area contributed by atoms with Gasteiger partial charge in [0.1, 0.15) is 0 Å². The lowest BCUT2D eigenvalue weighted by Gasteiger charge is -2.31. The van der Waals surface area contributed by atoms with Gasteiger partial charge in [-0.15, -0.1) is 0 Å². The van der Waals surface area contributed by atoms with Crippen LogP contribution < -0.4 is 5.73 Å². The Balaban J connectivity index is 2.73. The fraction of sp³-hybridized carbons (Fsp3) is 1.00. The zero-order chi connectivity index (χ0) is 12.8. The first kappa shape index (κ1) is 13.8. The summed E-state index contributed by atoms with van der Waals surface area (Å²) in [6.07, 6.45) is -4.58. The lowest BCUT2D eigenvalue weighted by atomic mass is 9.81. The monoisotopic (exact) mass is 239 g/mol. The van der Waals surface area contributed by atoms with Crippen LogP contribution in [0, 0.1) is 5.92 Å². The number of nitrogens with two attached hydrogens (primary N) is 1. The summed E-state index contributed by atoms with van der Waals surface area (Å²) in [6.45, 7) is 7.38. The topological polar surface area (TPSA) is 35.2 Å². The van der Waals surface area contributed by atoms with Gasteiger partial charge in [0.2, 0.25) is 0 Å². The van der Waals surface area contributed by atoms with Crippen molar-refractivity contribution >= 4 is 0 Å². The normalized spacial score (nSPS) is 30.4. The second kappa shape index (κ2) is 3.88. The van der Waals surface area contributed by atoms with Gasteiger partial charge in [0.15, 0.2) is 0 Å². The van der Waals surface area contributed by atoms with Crippen LogP contribution in [0.1, 0.15) is 40.5 Å². The van der Waals surface area contributed by atoms with Crippen molar-refractivity contribution in [3.8, 4) is 0 Å². The first-order valence-electron chi connectivity index (χ1n) is 5.45. The van der Waals surface area contributed by atoms with E-state index in [1.165, 1.54) is 0 Å². The zero-order valence-corrected chi connectivity index (χ0v) is 10.2. The third kappa shape index (κ3) is 3.35. The van der Waals surface area contributed by atoms with Crippen molar-refractivity contribution in [2.45, 2.75) is 64.0 Å². The number of alkyl halides is 3. The molecule has 0 aromatic rings. The number of rotatable bonds is 2. The summed E-state index contributed by atoms with van der Waals surface area (Å²) in [5.74, 6) is -0.260. The van der Waals surface area contributed by atoms with Crippen LogP contribution >= 0.6 is 0 Å². The summed E-state index contributed by atoms with van der Waals surface area (Å²) in [5, 5.41) is 0. The SMILES string of the molecule is CC1(C)CC(C(N)CC(F)(F)F)C(C)(C)O1. The van der Waals surface area contributed by atoms with Crippen LogP contribution in [-0.2, 0) is 4.74 Å². The molecule has 0 amide bonds.